The van der Waals surface area contributed by atoms with Crippen LogP contribution in [0.5, 0.6) is 23.0 Å². The van der Waals surface area contributed by atoms with Crippen molar-refractivity contribution in [3.8, 4) is 23.0 Å². The molecule has 0 amide bonds. The number of halogens is 2. The zero-order chi connectivity index (χ0) is 20.3. The fourth-order valence-electron chi connectivity index (χ4n) is 2.70. The van der Waals surface area contributed by atoms with E-state index < -0.39 is 0 Å². The van der Waals surface area contributed by atoms with Crippen LogP contribution < -0.4 is 9.47 Å². The molecule has 0 atom stereocenters. The second-order valence-corrected chi connectivity index (χ2v) is 8.37. The molecule has 146 valence electrons. The second-order valence-electron chi connectivity index (χ2n) is 7.55. The van der Waals surface area contributed by atoms with E-state index in [1.165, 1.54) is 17.7 Å². The number of hydrogen-bond acceptors (Lipinski definition) is 3. The maximum Gasteiger partial charge on any atom is 0.157 e. The van der Waals surface area contributed by atoms with E-state index in [9.17, 15) is 5.11 Å². The van der Waals surface area contributed by atoms with Gasteiger partial charge in [0.1, 0.15) is 23.9 Å². The number of phenolic OH excluding ortho intramolecular Hbond substituents is 1. The molecule has 3 aromatic carbocycles. The van der Waals surface area contributed by atoms with Gasteiger partial charge in [0.25, 0.3) is 0 Å². The van der Waals surface area contributed by atoms with Crippen LogP contribution in [0.2, 0.25) is 10.0 Å². The monoisotopic (exact) mass is 416 g/mol. The summed E-state index contributed by atoms with van der Waals surface area (Å²) >= 11 is 12.2. The number of rotatable bonds is 5. The molecule has 0 spiro atoms. The van der Waals surface area contributed by atoms with Gasteiger partial charge in [0.15, 0.2) is 5.75 Å². The Morgan fingerprint density at radius 1 is 0.857 bits per heavy atom. The maximum atomic E-state index is 9.50. The molecule has 0 heterocycles. The third-order valence-corrected chi connectivity index (χ3v) is 4.78. The highest BCUT2D eigenvalue weighted by atomic mass is 35.5. The van der Waals surface area contributed by atoms with Crippen LogP contribution in [0.3, 0.4) is 0 Å². The summed E-state index contributed by atoms with van der Waals surface area (Å²) in [7, 11) is 0. The molecule has 0 aliphatic heterocycles. The van der Waals surface area contributed by atoms with Crippen LogP contribution in [0.1, 0.15) is 31.9 Å². The highest BCUT2D eigenvalue weighted by Gasteiger charge is 2.13. The van der Waals surface area contributed by atoms with Crippen LogP contribution in [0, 0.1) is 0 Å². The summed E-state index contributed by atoms with van der Waals surface area (Å²) in [5, 5.41) is 10.0. The molecule has 3 rings (SSSR count). The van der Waals surface area contributed by atoms with Crippen molar-refractivity contribution in [2.75, 3.05) is 0 Å². The van der Waals surface area contributed by atoms with Crippen LogP contribution in [0.4, 0.5) is 0 Å². The molecule has 0 unspecified atom stereocenters. The van der Waals surface area contributed by atoms with E-state index in [2.05, 4.69) is 32.9 Å². The summed E-state index contributed by atoms with van der Waals surface area (Å²) in [6.45, 7) is 6.81. The highest BCUT2D eigenvalue weighted by molar-refractivity contribution is 6.37. The predicted octanol–water partition coefficient (Wildman–Crippen LogP) is 7.37. The van der Waals surface area contributed by atoms with Crippen molar-refractivity contribution < 1.29 is 14.6 Å². The summed E-state index contributed by atoms with van der Waals surface area (Å²) in [4.78, 5) is 0. The van der Waals surface area contributed by atoms with Crippen molar-refractivity contribution in [3.63, 3.8) is 0 Å². The molecule has 0 bridgehead atoms. The lowest BCUT2D eigenvalue weighted by atomic mass is 9.87. The number of ether oxygens (including phenoxy) is 2. The van der Waals surface area contributed by atoms with E-state index in [1.807, 2.05) is 36.4 Å². The topological polar surface area (TPSA) is 38.7 Å². The van der Waals surface area contributed by atoms with Crippen molar-refractivity contribution in [1.82, 2.24) is 0 Å². The number of phenols is 1. The molecule has 28 heavy (non-hydrogen) atoms. The number of benzene rings is 3. The van der Waals surface area contributed by atoms with Crippen molar-refractivity contribution in [2.24, 2.45) is 0 Å². The van der Waals surface area contributed by atoms with Crippen LogP contribution in [0.25, 0.3) is 0 Å². The summed E-state index contributed by atoms with van der Waals surface area (Å²) in [5.41, 5.74) is 2.26. The first-order valence-electron chi connectivity index (χ1n) is 8.90. The van der Waals surface area contributed by atoms with Crippen molar-refractivity contribution in [1.29, 1.82) is 0 Å². The van der Waals surface area contributed by atoms with Crippen molar-refractivity contribution in [3.05, 3.63) is 81.8 Å². The zero-order valence-corrected chi connectivity index (χ0v) is 17.5. The third kappa shape index (κ3) is 5.12. The third-order valence-electron chi connectivity index (χ3n) is 4.22. The van der Waals surface area contributed by atoms with E-state index in [0.29, 0.717) is 11.5 Å². The Balaban J connectivity index is 1.69. The smallest absolute Gasteiger partial charge is 0.157 e. The van der Waals surface area contributed by atoms with Gasteiger partial charge in [0.05, 0.1) is 10.0 Å². The molecule has 3 nitrogen and oxygen atoms in total. The van der Waals surface area contributed by atoms with E-state index in [4.69, 9.17) is 32.7 Å². The van der Waals surface area contributed by atoms with Gasteiger partial charge in [-0.25, -0.2) is 0 Å². The minimum atomic E-state index is -0.00442. The summed E-state index contributed by atoms with van der Waals surface area (Å²) in [6, 6.07) is 18.5. The van der Waals surface area contributed by atoms with Crippen LogP contribution in [-0.4, -0.2) is 5.11 Å². The minimum absolute atomic E-state index is 0.00442. The Kier molecular flexibility index (Phi) is 6.07. The molecule has 0 saturated carbocycles. The van der Waals surface area contributed by atoms with Gasteiger partial charge in [-0.15, -0.1) is 0 Å². The molecule has 3 aromatic rings. The van der Waals surface area contributed by atoms with Crippen LogP contribution in [0.15, 0.2) is 60.7 Å². The second kappa shape index (κ2) is 8.34. The quantitative estimate of drug-likeness (QED) is 0.471. The SMILES string of the molecule is CC(C)(C)c1ccc(Oc2cccc(COc3c(Cl)cc(O)cc3Cl)c2)cc1. The lowest BCUT2D eigenvalue weighted by Crippen LogP contribution is -2.10. The van der Waals surface area contributed by atoms with Gasteiger partial charge in [-0.2, -0.15) is 0 Å². The van der Waals surface area contributed by atoms with Gasteiger partial charge in [0.2, 0.25) is 0 Å². The van der Waals surface area contributed by atoms with Crippen LogP contribution >= 0.6 is 23.2 Å². The average Bonchev–Trinajstić information content (AvgIpc) is 2.61. The summed E-state index contributed by atoms with van der Waals surface area (Å²) in [5.74, 6) is 1.82. The molecule has 0 aliphatic carbocycles. The molecular formula is C23H22Cl2O3. The zero-order valence-electron chi connectivity index (χ0n) is 16.0. The van der Waals surface area contributed by atoms with E-state index >= 15 is 0 Å². The van der Waals surface area contributed by atoms with Crippen LogP contribution in [-0.2, 0) is 12.0 Å². The molecule has 0 fully saturated rings. The highest BCUT2D eigenvalue weighted by Crippen LogP contribution is 2.37. The molecule has 0 radical (unpaired) electrons. The maximum absolute atomic E-state index is 9.50. The fourth-order valence-corrected chi connectivity index (χ4v) is 3.28. The Labute approximate surface area is 175 Å². The molecular weight excluding hydrogens is 395 g/mol. The Bertz CT molecular complexity index is 937. The lowest BCUT2D eigenvalue weighted by molar-refractivity contribution is 0.305. The first-order valence-corrected chi connectivity index (χ1v) is 9.66. The normalized spacial score (nSPS) is 11.3. The van der Waals surface area contributed by atoms with Crippen molar-refractivity contribution >= 4 is 23.2 Å². The minimum Gasteiger partial charge on any atom is -0.508 e. The average molecular weight is 417 g/mol. The van der Waals surface area contributed by atoms with Gasteiger partial charge in [-0.3, -0.25) is 0 Å². The lowest BCUT2D eigenvalue weighted by Gasteiger charge is -2.19. The van der Waals surface area contributed by atoms with Gasteiger partial charge < -0.3 is 14.6 Å². The first-order chi connectivity index (χ1) is 13.2. The van der Waals surface area contributed by atoms with E-state index in [0.717, 1.165) is 11.3 Å². The largest absolute Gasteiger partial charge is 0.508 e. The Hall–Kier alpha value is -2.36. The fraction of sp³-hybridized carbons (Fsp3) is 0.217. The molecule has 0 aliphatic rings. The molecule has 0 saturated heterocycles. The molecule has 5 heteroatoms. The summed E-state index contributed by atoms with van der Waals surface area (Å²) < 4.78 is 11.7. The van der Waals surface area contributed by atoms with Crippen molar-refractivity contribution in [2.45, 2.75) is 32.8 Å². The summed E-state index contributed by atoms with van der Waals surface area (Å²) in [6.07, 6.45) is 0. The van der Waals surface area contributed by atoms with Gasteiger partial charge >= 0.3 is 0 Å². The Morgan fingerprint density at radius 3 is 2.11 bits per heavy atom. The van der Waals surface area contributed by atoms with Gasteiger partial charge in [-0.05, 0) is 40.8 Å². The standard InChI is InChI=1S/C23H22Cl2O3/c1-23(2,3)16-7-9-18(10-8-16)28-19-6-4-5-15(11-19)14-27-22-20(24)12-17(26)13-21(22)25/h4-13,26H,14H2,1-3H3. The number of aromatic hydroxyl groups is 1. The predicted molar refractivity (Wildman–Crippen MR) is 114 cm³/mol. The van der Waals surface area contributed by atoms with Gasteiger partial charge in [-0.1, -0.05) is 68.2 Å². The van der Waals surface area contributed by atoms with E-state index in [-0.39, 0.29) is 27.8 Å². The molecule has 1 N–H and O–H groups in total. The molecule has 0 aromatic heterocycles. The number of hydrogen-bond donors (Lipinski definition) is 1. The first kappa shape index (κ1) is 20.4. The van der Waals surface area contributed by atoms with Gasteiger partial charge in [0, 0.05) is 12.1 Å². The van der Waals surface area contributed by atoms with E-state index in [1.54, 1.807) is 0 Å². The Morgan fingerprint density at radius 2 is 1.50 bits per heavy atom.